The van der Waals surface area contributed by atoms with Crippen LogP contribution in [0.3, 0.4) is 0 Å². The van der Waals surface area contributed by atoms with Crippen molar-refractivity contribution in [3.05, 3.63) is 57.6 Å². The van der Waals surface area contributed by atoms with Crippen LogP contribution in [-0.4, -0.2) is 39.2 Å². The summed E-state index contributed by atoms with van der Waals surface area (Å²) in [4.78, 5) is 9.96. The van der Waals surface area contributed by atoms with E-state index in [1.807, 2.05) is 0 Å². The second-order valence-corrected chi connectivity index (χ2v) is 11.4. The number of hydrogen-bond donors (Lipinski definition) is 1. The van der Waals surface area contributed by atoms with Gasteiger partial charge in [-0.1, -0.05) is 30.9 Å². The van der Waals surface area contributed by atoms with E-state index in [9.17, 15) is 26.9 Å². The molecule has 0 radical (unpaired) electrons. The van der Waals surface area contributed by atoms with Crippen LogP contribution >= 0.6 is 11.6 Å². The van der Waals surface area contributed by atoms with Gasteiger partial charge in [-0.15, -0.1) is 0 Å². The van der Waals surface area contributed by atoms with E-state index in [2.05, 4.69) is 4.72 Å². The molecule has 31 heavy (non-hydrogen) atoms. The summed E-state index contributed by atoms with van der Waals surface area (Å²) in [6, 6.07) is 8.43. The Morgan fingerprint density at radius 2 is 1.58 bits per heavy atom. The highest BCUT2D eigenvalue weighted by Crippen LogP contribution is 2.29. The van der Waals surface area contributed by atoms with Gasteiger partial charge in [0.25, 0.3) is 15.7 Å². The second kappa shape index (κ2) is 9.11. The van der Waals surface area contributed by atoms with Crippen LogP contribution < -0.4 is 4.72 Å². The normalized spacial score (nSPS) is 15.7. The molecule has 0 aromatic heterocycles. The zero-order chi connectivity index (χ0) is 22.8. The molecule has 0 heterocycles. The summed E-state index contributed by atoms with van der Waals surface area (Å²) >= 11 is 5.73. The van der Waals surface area contributed by atoms with E-state index in [4.69, 9.17) is 11.6 Å². The number of benzene rings is 2. The van der Waals surface area contributed by atoms with Crippen molar-refractivity contribution in [1.29, 1.82) is 0 Å². The summed E-state index contributed by atoms with van der Waals surface area (Å²) in [5, 5.41) is 10.8. The predicted octanol–water partition coefficient (Wildman–Crippen LogP) is 4.00. The van der Waals surface area contributed by atoms with Crippen LogP contribution in [0.4, 0.5) is 11.4 Å². The first-order valence-corrected chi connectivity index (χ1v) is 12.9. The smallest absolute Gasteiger partial charge is 0.280 e. The number of sulfonamides is 2. The molecule has 1 N–H and O–H groups in total. The van der Waals surface area contributed by atoms with Crippen molar-refractivity contribution in [1.82, 2.24) is 4.31 Å². The van der Waals surface area contributed by atoms with E-state index in [1.165, 1.54) is 28.6 Å². The maximum atomic E-state index is 12.9. The van der Waals surface area contributed by atoms with Crippen LogP contribution in [0.15, 0.2) is 52.3 Å². The SMILES string of the molecule is CN(C1CCCCC1)S(=O)(=O)c1ccc(NS(=O)(=O)c2ccc(Cl)c([N+](=O)[O-])c2)cc1. The van der Waals surface area contributed by atoms with E-state index in [0.29, 0.717) is 0 Å². The molecule has 1 saturated carbocycles. The van der Waals surface area contributed by atoms with Gasteiger partial charge in [-0.3, -0.25) is 14.8 Å². The summed E-state index contributed by atoms with van der Waals surface area (Å²) in [6.45, 7) is 0. The van der Waals surface area contributed by atoms with Gasteiger partial charge in [0.15, 0.2) is 0 Å². The molecule has 2 aromatic carbocycles. The Morgan fingerprint density at radius 1 is 1.00 bits per heavy atom. The molecule has 1 aliphatic carbocycles. The summed E-state index contributed by atoms with van der Waals surface area (Å²) in [5.74, 6) is 0. The number of nitrogens with zero attached hydrogens (tertiary/aromatic N) is 2. The van der Waals surface area contributed by atoms with Gasteiger partial charge in [0.05, 0.1) is 14.7 Å². The van der Waals surface area contributed by atoms with Crippen molar-refractivity contribution in [3.8, 4) is 0 Å². The fourth-order valence-electron chi connectivity index (χ4n) is 3.52. The molecule has 12 heteroatoms. The number of halogens is 1. The molecular weight excluding hydrogens is 466 g/mol. The third-order valence-corrected chi connectivity index (χ3v) is 8.92. The highest BCUT2D eigenvalue weighted by molar-refractivity contribution is 7.92. The number of nitrogens with one attached hydrogen (secondary N) is 1. The highest BCUT2D eigenvalue weighted by Gasteiger charge is 2.29. The third kappa shape index (κ3) is 5.17. The number of hydrogen-bond acceptors (Lipinski definition) is 6. The van der Waals surface area contributed by atoms with E-state index in [-0.39, 0.29) is 26.5 Å². The minimum absolute atomic E-state index is 0.0439. The Balaban J connectivity index is 1.80. The molecule has 168 valence electrons. The zero-order valence-electron chi connectivity index (χ0n) is 16.7. The lowest BCUT2D eigenvalue weighted by molar-refractivity contribution is -0.384. The van der Waals surface area contributed by atoms with E-state index < -0.39 is 30.7 Å². The van der Waals surface area contributed by atoms with Gasteiger partial charge >= 0.3 is 0 Å². The van der Waals surface area contributed by atoms with E-state index in [1.54, 1.807) is 7.05 Å². The summed E-state index contributed by atoms with van der Waals surface area (Å²) in [6.07, 6.45) is 4.74. The molecule has 9 nitrogen and oxygen atoms in total. The van der Waals surface area contributed by atoms with Gasteiger partial charge in [-0.2, -0.15) is 4.31 Å². The monoisotopic (exact) mass is 487 g/mol. The average molecular weight is 488 g/mol. The molecule has 3 rings (SSSR count). The highest BCUT2D eigenvalue weighted by atomic mass is 35.5. The van der Waals surface area contributed by atoms with Crippen LogP contribution in [0.5, 0.6) is 0 Å². The minimum atomic E-state index is -4.14. The molecule has 0 saturated heterocycles. The topological polar surface area (TPSA) is 127 Å². The lowest BCUT2D eigenvalue weighted by atomic mass is 9.96. The van der Waals surface area contributed by atoms with Gasteiger partial charge in [-0.25, -0.2) is 16.8 Å². The summed E-state index contributed by atoms with van der Waals surface area (Å²) < 4.78 is 54.6. The molecule has 0 bridgehead atoms. The lowest BCUT2D eigenvalue weighted by Gasteiger charge is -2.30. The molecule has 0 unspecified atom stereocenters. The number of rotatable bonds is 7. The van der Waals surface area contributed by atoms with Gasteiger partial charge in [0.1, 0.15) is 5.02 Å². The minimum Gasteiger partial charge on any atom is -0.280 e. The van der Waals surface area contributed by atoms with Crippen molar-refractivity contribution in [3.63, 3.8) is 0 Å². The molecule has 0 amide bonds. The molecular formula is C19H22ClN3O6S2. The first-order chi connectivity index (χ1) is 14.5. The maximum Gasteiger partial charge on any atom is 0.289 e. The number of nitro benzene ring substituents is 1. The van der Waals surface area contributed by atoms with Gasteiger partial charge in [0, 0.05) is 24.8 Å². The van der Waals surface area contributed by atoms with Gasteiger partial charge in [-0.05, 0) is 49.2 Å². The maximum absolute atomic E-state index is 12.9. The Morgan fingerprint density at radius 3 is 2.16 bits per heavy atom. The number of anilines is 1. The van der Waals surface area contributed by atoms with Crippen LogP contribution in [0.1, 0.15) is 32.1 Å². The van der Waals surface area contributed by atoms with Crippen LogP contribution in [0, 0.1) is 10.1 Å². The van der Waals surface area contributed by atoms with Crippen molar-refractivity contribution in [2.24, 2.45) is 0 Å². The molecule has 2 aromatic rings. The fraction of sp³-hybridized carbons (Fsp3) is 0.368. The predicted molar refractivity (Wildman–Crippen MR) is 117 cm³/mol. The second-order valence-electron chi connectivity index (χ2n) is 7.31. The molecule has 1 fully saturated rings. The van der Waals surface area contributed by atoms with E-state index in [0.717, 1.165) is 50.3 Å². The Labute approximate surface area is 186 Å². The van der Waals surface area contributed by atoms with Crippen molar-refractivity contribution >= 4 is 43.0 Å². The first-order valence-electron chi connectivity index (χ1n) is 9.57. The van der Waals surface area contributed by atoms with Crippen molar-refractivity contribution < 1.29 is 21.8 Å². The summed E-state index contributed by atoms with van der Waals surface area (Å²) in [5.41, 5.74) is -0.409. The standard InChI is InChI=1S/C19H22ClN3O6S2/c1-22(15-5-3-2-4-6-15)31(28,29)16-9-7-14(8-10-16)21-30(26,27)17-11-12-18(20)19(13-17)23(24)25/h7-13,15,21H,2-6H2,1H3. The molecule has 0 aliphatic heterocycles. The summed E-state index contributed by atoms with van der Waals surface area (Å²) in [7, 11) is -6.28. The first kappa shape index (κ1) is 23.5. The largest absolute Gasteiger partial charge is 0.289 e. The Bertz CT molecular complexity index is 1180. The molecule has 0 atom stereocenters. The van der Waals surface area contributed by atoms with E-state index >= 15 is 0 Å². The Kier molecular flexibility index (Phi) is 6.89. The van der Waals surface area contributed by atoms with Crippen molar-refractivity contribution in [2.75, 3.05) is 11.8 Å². The van der Waals surface area contributed by atoms with Crippen molar-refractivity contribution in [2.45, 2.75) is 47.9 Å². The zero-order valence-corrected chi connectivity index (χ0v) is 19.1. The number of nitro groups is 1. The quantitative estimate of drug-likeness (QED) is 0.464. The van der Waals surface area contributed by atoms with Crippen LogP contribution in [-0.2, 0) is 20.0 Å². The lowest BCUT2D eigenvalue weighted by Crippen LogP contribution is -2.38. The van der Waals surface area contributed by atoms with Gasteiger partial charge in [0.2, 0.25) is 10.0 Å². The van der Waals surface area contributed by atoms with Gasteiger partial charge < -0.3 is 0 Å². The van der Waals surface area contributed by atoms with Crippen LogP contribution in [0.2, 0.25) is 5.02 Å². The third-order valence-electron chi connectivity index (χ3n) is 5.30. The molecule has 1 aliphatic rings. The fourth-order valence-corrected chi connectivity index (χ4v) is 6.20. The Hall–Kier alpha value is -2.21. The average Bonchev–Trinajstić information content (AvgIpc) is 2.74. The molecule has 0 spiro atoms. The van der Waals surface area contributed by atoms with Crippen LogP contribution in [0.25, 0.3) is 0 Å².